The molecule has 3 nitrogen and oxygen atoms in total. The van der Waals surface area contributed by atoms with Gasteiger partial charge in [-0.05, 0) is 37.1 Å². The van der Waals surface area contributed by atoms with Gasteiger partial charge in [-0.2, -0.15) is 0 Å². The van der Waals surface area contributed by atoms with E-state index in [1.54, 1.807) is 19.9 Å². The molecule has 0 atom stereocenters. The second-order valence-corrected chi connectivity index (χ2v) is 5.44. The monoisotopic (exact) mass is 269 g/mol. The predicted octanol–water partition coefficient (Wildman–Crippen LogP) is 2.85. The molecule has 0 aliphatic heterocycles. The largest absolute Gasteiger partial charge is 0.389 e. The van der Waals surface area contributed by atoms with E-state index in [0.29, 0.717) is 5.56 Å². The summed E-state index contributed by atoms with van der Waals surface area (Å²) in [5, 5.41) is 12.4. The van der Waals surface area contributed by atoms with E-state index in [0.717, 1.165) is 11.1 Å². The minimum atomic E-state index is -0.910. The average molecular weight is 269 g/mol. The summed E-state index contributed by atoms with van der Waals surface area (Å²) < 4.78 is 0. The molecule has 2 rings (SSSR count). The lowest BCUT2D eigenvalue weighted by Gasteiger charge is -2.17. The summed E-state index contributed by atoms with van der Waals surface area (Å²) in [5.74, 6) is -0.176. The van der Waals surface area contributed by atoms with Crippen molar-refractivity contribution in [3.05, 3.63) is 60.2 Å². The average Bonchev–Trinajstić information content (AvgIpc) is 2.45. The van der Waals surface area contributed by atoms with E-state index in [2.05, 4.69) is 5.32 Å². The van der Waals surface area contributed by atoms with Crippen LogP contribution in [0.15, 0.2) is 54.6 Å². The van der Waals surface area contributed by atoms with Gasteiger partial charge in [-0.15, -0.1) is 0 Å². The first kappa shape index (κ1) is 14.3. The van der Waals surface area contributed by atoms with Gasteiger partial charge in [0.2, 0.25) is 0 Å². The van der Waals surface area contributed by atoms with Crippen LogP contribution in [0.25, 0.3) is 11.1 Å². The van der Waals surface area contributed by atoms with E-state index < -0.39 is 5.60 Å². The van der Waals surface area contributed by atoms with Crippen molar-refractivity contribution in [2.45, 2.75) is 19.4 Å². The second-order valence-electron chi connectivity index (χ2n) is 5.44. The molecular formula is C17H19NO2. The van der Waals surface area contributed by atoms with Gasteiger partial charge in [-0.25, -0.2) is 0 Å². The third-order valence-corrected chi connectivity index (χ3v) is 2.91. The number of hydrogen-bond acceptors (Lipinski definition) is 2. The maximum atomic E-state index is 12.1. The minimum absolute atomic E-state index is 0.176. The lowest BCUT2D eigenvalue weighted by atomic mass is 10.0. The van der Waals surface area contributed by atoms with E-state index in [4.69, 9.17) is 0 Å². The molecule has 0 saturated heterocycles. The number of carbonyl (C=O) groups is 1. The van der Waals surface area contributed by atoms with E-state index in [1.807, 2.05) is 48.5 Å². The number of carbonyl (C=O) groups excluding carboxylic acids is 1. The van der Waals surface area contributed by atoms with Gasteiger partial charge in [0, 0.05) is 12.1 Å². The molecule has 2 aromatic carbocycles. The maximum Gasteiger partial charge on any atom is 0.251 e. The fourth-order valence-corrected chi connectivity index (χ4v) is 1.87. The summed E-state index contributed by atoms with van der Waals surface area (Å²) in [6, 6.07) is 17.4. The molecule has 20 heavy (non-hydrogen) atoms. The smallest absolute Gasteiger partial charge is 0.251 e. The summed E-state index contributed by atoms with van der Waals surface area (Å²) >= 11 is 0. The Balaban J connectivity index is 2.16. The molecule has 0 fully saturated rings. The standard InChI is InChI=1S/C17H19NO2/c1-17(2,20)12-18-16(19)15-10-6-9-14(11-15)13-7-4-3-5-8-13/h3-11,20H,12H2,1-2H3,(H,18,19). The molecule has 1 amide bonds. The zero-order valence-corrected chi connectivity index (χ0v) is 11.8. The number of nitrogens with one attached hydrogen (secondary N) is 1. The summed E-state index contributed by atoms with van der Waals surface area (Å²) in [7, 11) is 0. The Bertz CT molecular complexity index is 585. The predicted molar refractivity (Wildman–Crippen MR) is 80.5 cm³/mol. The number of aliphatic hydroxyl groups is 1. The number of hydrogen-bond donors (Lipinski definition) is 2. The normalized spacial score (nSPS) is 11.2. The van der Waals surface area contributed by atoms with Crippen LogP contribution in [-0.2, 0) is 0 Å². The quantitative estimate of drug-likeness (QED) is 0.896. The summed E-state index contributed by atoms with van der Waals surface area (Å²) in [6.07, 6.45) is 0. The molecule has 0 unspecified atom stereocenters. The van der Waals surface area contributed by atoms with Crippen LogP contribution >= 0.6 is 0 Å². The molecule has 0 aliphatic rings. The van der Waals surface area contributed by atoms with Crippen LogP contribution in [0.2, 0.25) is 0 Å². The fourth-order valence-electron chi connectivity index (χ4n) is 1.87. The van der Waals surface area contributed by atoms with Crippen LogP contribution in [0.4, 0.5) is 0 Å². The zero-order chi connectivity index (χ0) is 14.6. The lowest BCUT2D eigenvalue weighted by molar-refractivity contribution is 0.0694. The van der Waals surface area contributed by atoms with Crippen molar-refractivity contribution >= 4 is 5.91 Å². The van der Waals surface area contributed by atoms with E-state index >= 15 is 0 Å². The maximum absolute atomic E-state index is 12.1. The Hall–Kier alpha value is -2.13. The first-order valence-electron chi connectivity index (χ1n) is 6.62. The molecule has 0 saturated carbocycles. The topological polar surface area (TPSA) is 49.3 Å². The molecule has 0 aromatic heterocycles. The Labute approximate surface area is 119 Å². The highest BCUT2D eigenvalue weighted by atomic mass is 16.3. The molecule has 0 bridgehead atoms. The molecule has 0 heterocycles. The molecule has 2 aromatic rings. The molecular weight excluding hydrogens is 250 g/mol. The van der Waals surface area contributed by atoms with Gasteiger partial charge in [0.1, 0.15) is 0 Å². The van der Waals surface area contributed by atoms with Crippen molar-refractivity contribution in [3.8, 4) is 11.1 Å². The minimum Gasteiger partial charge on any atom is -0.389 e. The van der Waals surface area contributed by atoms with Gasteiger partial charge < -0.3 is 10.4 Å². The third kappa shape index (κ3) is 3.93. The SMILES string of the molecule is CC(C)(O)CNC(=O)c1cccc(-c2ccccc2)c1. The van der Waals surface area contributed by atoms with Crippen LogP contribution in [0.3, 0.4) is 0 Å². The van der Waals surface area contributed by atoms with Crippen molar-refractivity contribution in [1.82, 2.24) is 5.32 Å². The second kappa shape index (κ2) is 5.88. The first-order valence-corrected chi connectivity index (χ1v) is 6.62. The van der Waals surface area contributed by atoms with E-state index in [-0.39, 0.29) is 12.5 Å². The molecule has 0 spiro atoms. The van der Waals surface area contributed by atoms with Crippen LogP contribution in [-0.4, -0.2) is 23.2 Å². The fraction of sp³-hybridized carbons (Fsp3) is 0.235. The summed E-state index contributed by atoms with van der Waals surface area (Å²) in [4.78, 5) is 12.1. The van der Waals surface area contributed by atoms with Crippen molar-refractivity contribution in [2.75, 3.05) is 6.54 Å². The van der Waals surface area contributed by atoms with Gasteiger partial charge in [-0.1, -0.05) is 42.5 Å². The number of rotatable bonds is 4. The van der Waals surface area contributed by atoms with E-state index in [9.17, 15) is 9.90 Å². The van der Waals surface area contributed by atoms with Crippen molar-refractivity contribution < 1.29 is 9.90 Å². The number of amides is 1. The highest BCUT2D eigenvalue weighted by Crippen LogP contribution is 2.19. The molecule has 104 valence electrons. The lowest BCUT2D eigenvalue weighted by Crippen LogP contribution is -2.38. The van der Waals surface area contributed by atoms with Gasteiger partial charge in [0.15, 0.2) is 0 Å². The summed E-state index contributed by atoms with van der Waals surface area (Å²) in [5.41, 5.74) is 1.76. The first-order chi connectivity index (χ1) is 9.46. The van der Waals surface area contributed by atoms with Crippen molar-refractivity contribution in [3.63, 3.8) is 0 Å². The zero-order valence-electron chi connectivity index (χ0n) is 11.8. The summed E-state index contributed by atoms with van der Waals surface area (Å²) in [6.45, 7) is 3.54. The Kier molecular flexibility index (Phi) is 4.20. The highest BCUT2D eigenvalue weighted by molar-refractivity contribution is 5.95. The number of benzene rings is 2. The highest BCUT2D eigenvalue weighted by Gasteiger charge is 2.15. The Morgan fingerprint density at radius 3 is 2.35 bits per heavy atom. The molecule has 0 radical (unpaired) electrons. The van der Waals surface area contributed by atoms with Gasteiger partial charge >= 0.3 is 0 Å². The van der Waals surface area contributed by atoms with Crippen LogP contribution in [0.1, 0.15) is 24.2 Å². The van der Waals surface area contributed by atoms with Gasteiger partial charge in [0.25, 0.3) is 5.91 Å². The molecule has 3 heteroatoms. The van der Waals surface area contributed by atoms with Crippen LogP contribution in [0.5, 0.6) is 0 Å². The van der Waals surface area contributed by atoms with Gasteiger partial charge in [0.05, 0.1) is 5.60 Å². The van der Waals surface area contributed by atoms with Crippen LogP contribution in [0, 0.1) is 0 Å². The Morgan fingerprint density at radius 2 is 1.70 bits per heavy atom. The van der Waals surface area contributed by atoms with E-state index in [1.165, 1.54) is 0 Å². The van der Waals surface area contributed by atoms with Gasteiger partial charge in [-0.3, -0.25) is 4.79 Å². The molecule has 0 aliphatic carbocycles. The van der Waals surface area contributed by atoms with Crippen LogP contribution < -0.4 is 5.32 Å². The third-order valence-electron chi connectivity index (χ3n) is 2.91. The molecule has 2 N–H and O–H groups in total. The Morgan fingerprint density at radius 1 is 1.05 bits per heavy atom. The van der Waals surface area contributed by atoms with Crippen molar-refractivity contribution in [2.24, 2.45) is 0 Å². The van der Waals surface area contributed by atoms with Crippen molar-refractivity contribution in [1.29, 1.82) is 0 Å².